The molecule has 1 aliphatic carbocycles. The lowest BCUT2D eigenvalue weighted by molar-refractivity contribution is 0.0975. The average Bonchev–Trinajstić information content (AvgIpc) is 2.98. The molecular weight excluding hydrogens is 542 g/mol. The first-order valence-corrected chi connectivity index (χ1v) is 13.1. The van der Waals surface area contributed by atoms with Gasteiger partial charge in [-0.05, 0) is 59.7 Å². The van der Waals surface area contributed by atoms with Crippen molar-refractivity contribution in [1.29, 1.82) is 0 Å². The van der Waals surface area contributed by atoms with Crippen LogP contribution in [0.5, 0.6) is 11.5 Å². The van der Waals surface area contributed by atoms with Gasteiger partial charge >= 0.3 is 0 Å². The van der Waals surface area contributed by atoms with E-state index in [4.69, 9.17) is 0 Å². The zero-order chi connectivity index (χ0) is 29.6. The van der Waals surface area contributed by atoms with Crippen molar-refractivity contribution in [1.82, 2.24) is 0 Å². The van der Waals surface area contributed by atoms with E-state index in [2.05, 4.69) is 20.6 Å². The molecule has 5 rings (SSSR count). The fourth-order valence-corrected chi connectivity index (χ4v) is 4.61. The van der Waals surface area contributed by atoms with E-state index in [1.54, 1.807) is 48.8 Å². The fourth-order valence-electron chi connectivity index (χ4n) is 4.61. The summed E-state index contributed by atoms with van der Waals surface area (Å²) in [5, 5.41) is 27.2. The molecule has 0 spiro atoms. The van der Waals surface area contributed by atoms with E-state index in [0.717, 1.165) is 11.1 Å². The molecular formula is C32H26F2N4O4. The van der Waals surface area contributed by atoms with E-state index >= 15 is 0 Å². The molecule has 0 unspecified atom stereocenters. The number of ketones is 2. The van der Waals surface area contributed by atoms with Crippen LogP contribution in [-0.2, 0) is 0 Å². The van der Waals surface area contributed by atoms with Crippen molar-refractivity contribution in [3.05, 3.63) is 118 Å². The van der Waals surface area contributed by atoms with Gasteiger partial charge in [-0.25, -0.2) is 8.78 Å². The first-order valence-electron chi connectivity index (χ1n) is 13.1. The lowest BCUT2D eigenvalue weighted by Crippen LogP contribution is -2.25. The number of nitrogens with zero attached hydrogens (tertiary/aromatic N) is 2. The topological polar surface area (TPSA) is 123 Å². The van der Waals surface area contributed by atoms with E-state index in [9.17, 15) is 28.6 Å². The van der Waals surface area contributed by atoms with Crippen LogP contribution in [0.25, 0.3) is 0 Å². The third kappa shape index (κ3) is 6.02. The summed E-state index contributed by atoms with van der Waals surface area (Å²) in [6, 6.07) is 17.4. The van der Waals surface area contributed by atoms with Crippen LogP contribution in [0.2, 0.25) is 0 Å². The maximum Gasteiger partial charge on any atom is 0.200 e. The molecule has 0 heterocycles. The Morgan fingerprint density at radius 1 is 0.571 bits per heavy atom. The number of carbonyl (C=O) groups is 2. The van der Waals surface area contributed by atoms with Gasteiger partial charge in [0.15, 0.2) is 0 Å². The quantitative estimate of drug-likeness (QED) is 0.104. The Balaban J connectivity index is 1.36. The molecule has 1 aliphatic rings. The minimum Gasteiger partial charge on any atom is -0.507 e. The first-order chi connectivity index (χ1) is 20.3. The van der Waals surface area contributed by atoms with Gasteiger partial charge in [0, 0.05) is 36.9 Å². The number of nitrogens with one attached hydrogen (secondary N) is 2. The Labute approximate surface area is 240 Å². The van der Waals surface area contributed by atoms with Crippen molar-refractivity contribution in [2.45, 2.75) is 0 Å². The van der Waals surface area contributed by atoms with Gasteiger partial charge in [0.05, 0.1) is 35.3 Å². The predicted octanol–water partition coefficient (Wildman–Crippen LogP) is 5.21. The molecule has 212 valence electrons. The average molecular weight is 569 g/mol. The maximum absolute atomic E-state index is 13.7. The number of phenols is 2. The highest BCUT2D eigenvalue weighted by Crippen LogP contribution is 2.42. The second-order valence-corrected chi connectivity index (χ2v) is 9.45. The van der Waals surface area contributed by atoms with Crippen LogP contribution in [0, 0.1) is 11.6 Å². The summed E-state index contributed by atoms with van der Waals surface area (Å²) in [6.07, 6.45) is 3.21. The summed E-state index contributed by atoms with van der Waals surface area (Å²) in [6.45, 7) is 1.27. The normalized spacial score (nSPS) is 12.5. The van der Waals surface area contributed by atoms with Crippen LogP contribution in [0.1, 0.15) is 43.0 Å². The third-order valence-electron chi connectivity index (χ3n) is 6.61. The molecule has 0 aliphatic heterocycles. The SMILES string of the molecule is O=C1c2c(O)ccc(O)c2C(=O)c2c(NCC/N=C/c3ccc(F)cc3)ccc(NCC/N=C/c3ccc(F)cc3)c21. The van der Waals surface area contributed by atoms with Gasteiger partial charge in [-0.2, -0.15) is 0 Å². The second-order valence-electron chi connectivity index (χ2n) is 9.45. The number of fused-ring (bicyclic) bond motifs is 2. The van der Waals surface area contributed by atoms with E-state index in [0.29, 0.717) is 37.6 Å². The van der Waals surface area contributed by atoms with Gasteiger partial charge in [-0.15, -0.1) is 0 Å². The highest BCUT2D eigenvalue weighted by molar-refractivity contribution is 6.33. The van der Waals surface area contributed by atoms with Crippen molar-refractivity contribution in [3.8, 4) is 11.5 Å². The monoisotopic (exact) mass is 568 g/mol. The van der Waals surface area contributed by atoms with Crippen molar-refractivity contribution in [2.24, 2.45) is 9.98 Å². The summed E-state index contributed by atoms with van der Waals surface area (Å²) < 4.78 is 26.2. The summed E-state index contributed by atoms with van der Waals surface area (Å²) in [5.41, 5.74) is 1.82. The lowest BCUT2D eigenvalue weighted by atomic mass is 9.81. The number of hydrogen-bond acceptors (Lipinski definition) is 8. The molecule has 0 bridgehead atoms. The molecule has 0 amide bonds. The molecule has 4 aromatic rings. The van der Waals surface area contributed by atoms with Crippen molar-refractivity contribution >= 4 is 35.4 Å². The Morgan fingerprint density at radius 3 is 1.33 bits per heavy atom. The third-order valence-corrected chi connectivity index (χ3v) is 6.61. The van der Waals surface area contributed by atoms with Gasteiger partial charge in [0.1, 0.15) is 23.1 Å². The number of aromatic hydroxyl groups is 2. The van der Waals surface area contributed by atoms with E-state index < -0.39 is 23.1 Å². The van der Waals surface area contributed by atoms with Gasteiger partial charge in [0.25, 0.3) is 0 Å². The second kappa shape index (κ2) is 12.4. The molecule has 42 heavy (non-hydrogen) atoms. The molecule has 0 fully saturated rings. The van der Waals surface area contributed by atoms with Gasteiger partial charge in [0.2, 0.25) is 11.6 Å². The predicted molar refractivity (Wildman–Crippen MR) is 158 cm³/mol. The minimum absolute atomic E-state index is 0.0655. The Bertz CT molecular complexity index is 1580. The number of hydrogen-bond donors (Lipinski definition) is 4. The Kier molecular flexibility index (Phi) is 8.33. The largest absolute Gasteiger partial charge is 0.507 e. The number of phenolic OH excluding ortho intramolecular Hbond substituents is 2. The summed E-state index contributed by atoms with van der Waals surface area (Å²) in [7, 11) is 0. The number of halogens is 2. The fraction of sp³-hybridized carbons (Fsp3) is 0.125. The van der Waals surface area contributed by atoms with Crippen LogP contribution >= 0.6 is 0 Å². The number of benzene rings is 4. The summed E-state index contributed by atoms with van der Waals surface area (Å²) >= 11 is 0. The first kappa shape index (κ1) is 28.2. The molecule has 10 heteroatoms. The molecule has 0 saturated heterocycles. The smallest absolute Gasteiger partial charge is 0.200 e. The zero-order valence-corrected chi connectivity index (χ0v) is 22.3. The van der Waals surface area contributed by atoms with Crippen LogP contribution in [0.3, 0.4) is 0 Å². The van der Waals surface area contributed by atoms with E-state index in [1.807, 2.05) is 0 Å². The van der Waals surface area contributed by atoms with Crippen molar-refractivity contribution < 1.29 is 28.6 Å². The van der Waals surface area contributed by atoms with Crippen LogP contribution in [0.15, 0.2) is 82.8 Å². The van der Waals surface area contributed by atoms with Gasteiger partial charge in [-0.3, -0.25) is 19.6 Å². The highest BCUT2D eigenvalue weighted by atomic mass is 19.1. The van der Waals surface area contributed by atoms with Gasteiger partial charge < -0.3 is 20.8 Å². The van der Waals surface area contributed by atoms with Crippen LogP contribution < -0.4 is 10.6 Å². The molecule has 4 aromatic carbocycles. The van der Waals surface area contributed by atoms with E-state index in [-0.39, 0.29) is 33.9 Å². The van der Waals surface area contributed by atoms with Gasteiger partial charge in [-0.1, -0.05) is 24.3 Å². The Hall–Kier alpha value is -5.38. The Morgan fingerprint density at radius 2 is 0.952 bits per heavy atom. The van der Waals surface area contributed by atoms with E-state index in [1.165, 1.54) is 36.4 Å². The number of anilines is 2. The van der Waals surface area contributed by atoms with Crippen molar-refractivity contribution in [3.63, 3.8) is 0 Å². The number of carbonyl (C=O) groups excluding carboxylic acids is 2. The summed E-state index contributed by atoms with van der Waals surface area (Å²) in [4.78, 5) is 35.9. The molecule has 0 atom stereocenters. The highest BCUT2D eigenvalue weighted by Gasteiger charge is 2.37. The standard InChI is InChI=1S/C32H26F2N4O4/c33-21-5-1-19(2-6-21)17-35-13-15-37-23-9-10-24(38-16-14-36-18-20-3-7-22(34)8-4-20)28-27(23)31(41)29-25(39)11-12-26(40)30(29)32(28)42/h1-12,17-18,37-40H,13-16H2/b35-17+,36-18+. The minimum atomic E-state index is -0.608. The zero-order valence-electron chi connectivity index (χ0n) is 22.3. The molecule has 8 nitrogen and oxygen atoms in total. The summed E-state index contributed by atoms with van der Waals surface area (Å²) in [5.74, 6) is -2.71. The molecule has 0 saturated carbocycles. The van der Waals surface area contributed by atoms with Crippen LogP contribution in [0.4, 0.5) is 20.2 Å². The van der Waals surface area contributed by atoms with Crippen LogP contribution in [-0.4, -0.2) is 60.4 Å². The molecule has 4 N–H and O–H groups in total. The molecule has 0 aromatic heterocycles. The number of aliphatic imine (C=N–C) groups is 2. The number of rotatable bonds is 10. The van der Waals surface area contributed by atoms with Crippen molar-refractivity contribution in [2.75, 3.05) is 36.8 Å². The maximum atomic E-state index is 13.7. The molecule has 0 radical (unpaired) electrons. The lowest BCUT2D eigenvalue weighted by Gasteiger charge is -2.24.